The molecule has 22 heavy (non-hydrogen) atoms. The zero-order valence-corrected chi connectivity index (χ0v) is 11.9. The fourth-order valence-electron chi connectivity index (χ4n) is 2.20. The van der Waals surface area contributed by atoms with Crippen molar-refractivity contribution in [3.05, 3.63) is 66.4 Å². The number of nitrogens with zero attached hydrogens (tertiary/aromatic N) is 1. The zero-order chi connectivity index (χ0) is 16.0. The highest BCUT2D eigenvalue weighted by atomic mass is 32.2. The average Bonchev–Trinajstić information content (AvgIpc) is 2.91. The lowest BCUT2D eigenvalue weighted by atomic mass is 10.2. The quantitative estimate of drug-likeness (QED) is 0.717. The van der Waals surface area contributed by atoms with Crippen molar-refractivity contribution in [3.8, 4) is 0 Å². The molecule has 0 unspecified atom stereocenters. The van der Waals surface area contributed by atoms with Crippen LogP contribution >= 0.6 is 0 Å². The second kappa shape index (κ2) is 4.88. The maximum atomic E-state index is 12.6. The molecule has 0 N–H and O–H groups in total. The Hall–Kier alpha value is -2.28. The van der Waals surface area contributed by atoms with Crippen LogP contribution in [0.15, 0.2) is 65.7 Å². The topological polar surface area (TPSA) is 39.1 Å². The molecule has 0 aliphatic heterocycles. The predicted molar refractivity (Wildman–Crippen MR) is 76.0 cm³/mol. The van der Waals surface area contributed by atoms with E-state index in [4.69, 9.17) is 0 Å². The minimum atomic E-state index is -4.50. The molecule has 7 heteroatoms. The average molecular weight is 325 g/mol. The molecular weight excluding hydrogens is 315 g/mol. The Morgan fingerprint density at radius 3 is 2.14 bits per heavy atom. The standard InChI is InChI=1S/C15H10F3NO2S/c16-15(17,18)12-5-7-13(8-6-12)22(20,21)19-10-9-11-3-1-2-4-14(11)19/h1-10H. The van der Waals surface area contributed by atoms with Crippen LogP contribution in [0, 0.1) is 0 Å². The number of hydrogen-bond donors (Lipinski definition) is 0. The van der Waals surface area contributed by atoms with Gasteiger partial charge in [-0.05, 0) is 36.4 Å². The van der Waals surface area contributed by atoms with E-state index in [0.29, 0.717) is 5.52 Å². The monoisotopic (exact) mass is 325 g/mol. The van der Waals surface area contributed by atoms with Gasteiger partial charge in [0.05, 0.1) is 16.0 Å². The van der Waals surface area contributed by atoms with E-state index in [9.17, 15) is 21.6 Å². The fraction of sp³-hybridized carbons (Fsp3) is 0.0667. The molecule has 1 aromatic heterocycles. The van der Waals surface area contributed by atoms with Gasteiger partial charge in [-0.3, -0.25) is 0 Å². The summed E-state index contributed by atoms with van der Waals surface area (Å²) >= 11 is 0. The van der Waals surface area contributed by atoms with E-state index in [2.05, 4.69) is 0 Å². The number of alkyl halides is 3. The van der Waals surface area contributed by atoms with Gasteiger partial charge >= 0.3 is 6.18 Å². The van der Waals surface area contributed by atoms with Crippen molar-refractivity contribution in [2.45, 2.75) is 11.1 Å². The summed E-state index contributed by atoms with van der Waals surface area (Å²) in [4.78, 5) is -0.193. The van der Waals surface area contributed by atoms with Crippen molar-refractivity contribution in [3.63, 3.8) is 0 Å². The summed E-state index contributed by atoms with van der Waals surface area (Å²) < 4.78 is 63.8. The minimum Gasteiger partial charge on any atom is -0.241 e. The number of rotatable bonds is 2. The van der Waals surface area contributed by atoms with Crippen molar-refractivity contribution in [2.24, 2.45) is 0 Å². The second-order valence-corrected chi connectivity index (χ2v) is 6.51. The SMILES string of the molecule is O=S(=O)(c1ccc(C(F)(F)F)cc1)n1ccc2ccccc21. The number of fused-ring (bicyclic) bond motifs is 1. The van der Waals surface area contributed by atoms with E-state index in [1.165, 1.54) is 6.20 Å². The van der Waals surface area contributed by atoms with E-state index in [1.807, 2.05) is 0 Å². The van der Waals surface area contributed by atoms with E-state index in [0.717, 1.165) is 33.6 Å². The van der Waals surface area contributed by atoms with E-state index in [1.54, 1.807) is 30.3 Å². The van der Waals surface area contributed by atoms with Crippen molar-refractivity contribution < 1.29 is 21.6 Å². The molecule has 0 aliphatic carbocycles. The molecule has 0 fully saturated rings. The predicted octanol–water partition coefficient (Wildman–Crippen LogP) is 3.90. The molecule has 114 valence electrons. The molecule has 0 aliphatic rings. The Balaban J connectivity index is 2.10. The molecular formula is C15H10F3NO2S. The molecule has 3 aromatic rings. The van der Waals surface area contributed by atoms with Crippen molar-refractivity contribution in [1.82, 2.24) is 3.97 Å². The van der Waals surface area contributed by atoms with Gasteiger partial charge in [-0.2, -0.15) is 13.2 Å². The lowest BCUT2D eigenvalue weighted by molar-refractivity contribution is -0.137. The van der Waals surface area contributed by atoms with Crippen molar-refractivity contribution in [2.75, 3.05) is 0 Å². The molecule has 0 saturated heterocycles. The molecule has 0 spiro atoms. The third-order valence-electron chi connectivity index (χ3n) is 3.30. The molecule has 2 aromatic carbocycles. The highest BCUT2D eigenvalue weighted by Crippen LogP contribution is 2.30. The summed E-state index contributed by atoms with van der Waals surface area (Å²) in [5.41, 5.74) is -0.411. The number of aromatic nitrogens is 1. The van der Waals surface area contributed by atoms with Gasteiger partial charge in [0.2, 0.25) is 0 Å². The van der Waals surface area contributed by atoms with Gasteiger partial charge in [-0.25, -0.2) is 12.4 Å². The molecule has 1 heterocycles. The lowest BCUT2D eigenvalue weighted by Crippen LogP contribution is -2.12. The van der Waals surface area contributed by atoms with Gasteiger partial charge in [-0.1, -0.05) is 18.2 Å². The largest absolute Gasteiger partial charge is 0.416 e. The minimum absolute atomic E-state index is 0.193. The van der Waals surface area contributed by atoms with Crippen LogP contribution in [0.3, 0.4) is 0 Å². The van der Waals surface area contributed by atoms with Gasteiger partial charge in [0.25, 0.3) is 10.0 Å². The van der Waals surface area contributed by atoms with E-state index in [-0.39, 0.29) is 4.90 Å². The van der Waals surface area contributed by atoms with E-state index >= 15 is 0 Å². The molecule has 0 radical (unpaired) electrons. The molecule has 0 atom stereocenters. The van der Waals surface area contributed by atoms with Gasteiger partial charge < -0.3 is 0 Å². The first-order valence-corrected chi connectivity index (χ1v) is 7.73. The molecule has 3 rings (SSSR count). The van der Waals surface area contributed by atoms with E-state index < -0.39 is 21.8 Å². The Morgan fingerprint density at radius 1 is 0.864 bits per heavy atom. The maximum absolute atomic E-state index is 12.6. The van der Waals surface area contributed by atoms with Gasteiger partial charge in [0.15, 0.2) is 0 Å². The number of halogens is 3. The Labute approximate surface area is 124 Å². The smallest absolute Gasteiger partial charge is 0.241 e. The first-order chi connectivity index (χ1) is 10.3. The van der Waals surface area contributed by atoms with Crippen LogP contribution in [-0.4, -0.2) is 12.4 Å². The molecule has 3 nitrogen and oxygen atoms in total. The number of benzene rings is 2. The van der Waals surface area contributed by atoms with Crippen LogP contribution in [0.2, 0.25) is 0 Å². The van der Waals surface area contributed by atoms with Crippen LogP contribution < -0.4 is 0 Å². The first-order valence-electron chi connectivity index (χ1n) is 6.29. The van der Waals surface area contributed by atoms with Gasteiger partial charge in [0.1, 0.15) is 0 Å². The number of hydrogen-bond acceptors (Lipinski definition) is 2. The van der Waals surface area contributed by atoms with Crippen LogP contribution in [0.4, 0.5) is 13.2 Å². The first kappa shape index (κ1) is 14.6. The molecule has 0 amide bonds. The third-order valence-corrected chi connectivity index (χ3v) is 5.01. The lowest BCUT2D eigenvalue weighted by Gasteiger charge is -2.10. The Kier molecular flexibility index (Phi) is 3.25. The van der Waals surface area contributed by atoms with Crippen LogP contribution in [0.25, 0.3) is 10.9 Å². The normalized spacial score (nSPS) is 12.7. The Bertz CT molecular complexity index is 925. The summed E-state index contributed by atoms with van der Waals surface area (Å²) in [6.45, 7) is 0. The summed E-state index contributed by atoms with van der Waals surface area (Å²) in [6, 6.07) is 12.0. The summed E-state index contributed by atoms with van der Waals surface area (Å²) in [5, 5.41) is 0.734. The van der Waals surface area contributed by atoms with Crippen molar-refractivity contribution >= 4 is 20.9 Å². The van der Waals surface area contributed by atoms with Crippen LogP contribution in [0.1, 0.15) is 5.56 Å². The van der Waals surface area contributed by atoms with Gasteiger partial charge in [0, 0.05) is 11.6 Å². The zero-order valence-electron chi connectivity index (χ0n) is 11.1. The summed E-state index contributed by atoms with van der Waals surface area (Å²) in [7, 11) is -3.94. The summed E-state index contributed by atoms with van der Waals surface area (Å²) in [6.07, 6.45) is -3.11. The fourth-order valence-corrected chi connectivity index (χ4v) is 3.55. The highest BCUT2D eigenvalue weighted by Gasteiger charge is 2.30. The maximum Gasteiger partial charge on any atom is 0.416 e. The van der Waals surface area contributed by atoms with Crippen molar-refractivity contribution in [1.29, 1.82) is 0 Å². The van der Waals surface area contributed by atoms with Crippen LogP contribution in [-0.2, 0) is 16.2 Å². The number of para-hydroxylation sites is 1. The Morgan fingerprint density at radius 2 is 1.50 bits per heavy atom. The van der Waals surface area contributed by atoms with Gasteiger partial charge in [-0.15, -0.1) is 0 Å². The highest BCUT2D eigenvalue weighted by molar-refractivity contribution is 7.90. The molecule has 0 saturated carbocycles. The third kappa shape index (κ3) is 2.37. The summed E-state index contributed by atoms with van der Waals surface area (Å²) in [5.74, 6) is 0. The molecule has 0 bridgehead atoms. The second-order valence-electron chi connectivity index (χ2n) is 4.70. The van der Waals surface area contributed by atoms with Crippen LogP contribution in [0.5, 0.6) is 0 Å².